The van der Waals surface area contributed by atoms with Gasteiger partial charge in [-0.3, -0.25) is 9.59 Å². The summed E-state index contributed by atoms with van der Waals surface area (Å²) in [5.74, 6) is -0.373. The summed E-state index contributed by atoms with van der Waals surface area (Å²) in [6.07, 6.45) is 0.547. The molecule has 0 spiro atoms. The summed E-state index contributed by atoms with van der Waals surface area (Å²) in [5.41, 5.74) is 1.56. The van der Waals surface area contributed by atoms with Crippen molar-refractivity contribution >= 4 is 23.5 Å². The van der Waals surface area contributed by atoms with Crippen LogP contribution in [0, 0.1) is 0 Å². The maximum absolute atomic E-state index is 13.4. The van der Waals surface area contributed by atoms with Crippen LogP contribution in [0.1, 0.15) is 12.0 Å². The molecule has 1 aliphatic rings. The van der Waals surface area contributed by atoms with Crippen LogP contribution in [0.15, 0.2) is 60.7 Å². The Morgan fingerprint density at radius 2 is 1.71 bits per heavy atom. The van der Waals surface area contributed by atoms with Crippen LogP contribution in [-0.2, 0) is 20.7 Å². The van der Waals surface area contributed by atoms with Gasteiger partial charge in [-0.15, -0.1) is 0 Å². The quantitative estimate of drug-likeness (QED) is 0.681. The highest BCUT2D eigenvalue weighted by atomic mass is 16.5. The molecule has 0 radical (unpaired) electrons. The van der Waals surface area contributed by atoms with E-state index in [9.17, 15) is 14.4 Å². The van der Waals surface area contributed by atoms with Gasteiger partial charge < -0.3 is 25.6 Å². The van der Waals surface area contributed by atoms with Crippen LogP contribution < -0.4 is 16.0 Å². The fourth-order valence-electron chi connectivity index (χ4n) is 3.31. The molecule has 1 heterocycles. The Balaban J connectivity index is 1.72. The lowest BCUT2D eigenvalue weighted by Gasteiger charge is -2.28. The van der Waals surface area contributed by atoms with Gasteiger partial charge in [-0.25, -0.2) is 4.79 Å². The van der Waals surface area contributed by atoms with Gasteiger partial charge in [0, 0.05) is 38.2 Å². The Morgan fingerprint density at radius 1 is 1.00 bits per heavy atom. The Bertz CT molecular complexity index is 860. The number of amides is 4. The van der Waals surface area contributed by atoms with Crippen LogP contribution in [0.3, 0.4) is 0 Å². The molecule has 31 heavy (non-hydrogen) atoms. The van der Waals surface area contributed by atoms with Crippen molar-refractivity contribution in [2.24, 2.45) is 0 Å². The van der Waals surface area contributed by atoms with E-state index in [-0.39, 0.29) is 24.8 Å². The van der Waals surface area contributed by atoms with E-state index in [0.29, 0.717) is 38.4 Å². The normalized spacial score (nSPS) is 16.0. The molecule has 8 heteroatoms. The van der Waals surface area contributed by atoms with E-state index in [1.807, 2.05) is 48.5 Å². The smallest absolute Gasteiger partial charge is 0.319 e. The van der Waals surface area contributed by atoms with E-state index < -0.39 is 12.1 Å². The molecular formula is C23H28N4O4. The first kappa shape index (κ1) is 22.3. The first-order valence-corrected chi connectivity index (χ1v) is 10.4. The maximum Gasteiger partial charge on any atom is 0.319 e. The molecule has 0 saturated carbocycles. The maximum atomic E-state index is 13.4. The van der Waals surface area contributed by atoms with Gasteiger partial charge in [0.1, 0.15) is 6.04 Å². The van der Waals surface area contributed by atoms with Crippen LogP contribution in [-0.4, -0.2) is 61.6 Å². The van der Waals surface area contributed by atoms with Crippen molar-refractivity contribution in [3.05, 3.63) is 66.2 Å². The Labute approximate surface area is 182 Å². The van der Waals surface area contributed by atoms with E-state index in [1.165, 1.54) is 0 Å². The second kappa shape index (κ2) is 11.7. The summed E-state index contributed by atoms with van der Waals surface area (Å²) >= 11 is 0. The number of anilines is 1. The van der Waals surface area contributed by atoms with E-state index >= 15 is 0 Å². The lowest BCUT2D eigenvalue weighted by atomic mass is 10.0. The largest absolute Gasteiger partial charge is 0.378 e. The number of carbonyl (C=O) groups excluding carboxylic acids is 3. The van der Waals surface area contributed by atoms with Gasteiger partial charge in [0.2, 0.25) is 11.8 Å². The molecule has 164 valence electrons. The molecule has 4 amide bonds. The van der Waals surface area contributed by atoms with Crippen LogP contribution >= 0.6 is 0 Å². The number of benzene rings is 2. The number of nitrogens with one attached hydrogen (secondary N) is 3. The van der Waals surface area contributed by atoms with Crippen LogP contribution in [0.25, 0.3) is 0 Å². The minimum absolute atomic E-state index is 0.127. The van der Waals surface area contributed by atoms with E-state index in [2.05, 4.69) is 16.0 Å². The molecular weight excluding hydrogens is 396 g/mol. The summed E-state index contributed by atoms with van der Waals surface area (Å²) in [6.45, 7) is 1.86. The topological polar surface area (TPSA) is 99.8 Å². The zero-order valence-corrected chi connectivity index (χ0v) is 17.4. The van der Waals surface area contributed by atoms with Crippen LogP contribution in [0.2, 0.25) is 0 Å². The van der Waals surface area contributed by atoms with Gasteiger partial charge >= 0.3 is 6.03 Å². The number of rotatable bonds is 5. The average Bonchev–Trinajstić information content (AvgIpc) is 2.78. The lowest BCUT2D eigenvalue weighted by Crippen LogP contribution is -2.52. The Kier molecular flexibility index (Phi) is 8.42. The summed E-state index contributed by atoms with van der Waals surface area (Å²) in [4.78, 5) is 39.5. The molecule has 1 aliphatic heterocycles. The van der Waals surface area contributed by atoms with Gasteiger partial charge in [0.25, 0.3) is 0 Å². The lowest BCUT2D eigenvalue weighted by molar-refractivity contribution is -0.135. The monoisotopic (exact) mass is 424 g/mol. The zero-order valence-electron chi connectivity index (χ0n) is 17.4. The predicted molar refractivity (Wildman–Crippen MR) is 118 cm³/mol. The standard InChI is InChI=1S/C23H28N4O4/c28-21-11-13-27(14-16-31-15-12-24-21)22(29)20(17-18-7-3-1-4-8-18)26-23(30)25-19-9-5-2-6-10-19/h1-10,20H,11-17H2,(H,24,28)(H2,25,26,30). The highest BCUT2D eigenvalue weighted by Crippen LogP contribution is 2.09. The highest BCUT2D eigenvalue weighted by Gasteiger charge is 2.27. The molecule has 1 atom stereocenters. The number of urea groups is 1. The fraction of sp³-hybridized carbons (Fsp3) is 0.348. The summed E-state index contributed by atoms with van der Waals surface area (Å²) in [6, 6.07) is 17.3. The van der Waals surface area contributed by atoms with Gasteiger partial charge in [-0.05, 0) is 17.7 Å². The van der Waals surface area contributed by atoms with Crippen LogP contribution in [0.4, 0.5) is 10.5 Å². The van der Waals surface area contributed by atoms with Crippen molar-refractivity contribution in [1.29, 1.82) is 0 Å². The summed E-state index contributed by atoms with van der Waals surface area (Å²) in [5, 5.41) is 8.32. The average molecular weight is 425 g/mol. The van der Waals surface area contributed by atoms with Gasteiger partial charge in [0.05, 0.1) is 13.2 Å². The van der Waals surface area contributed by atoms with Gasteiger partial charge in [0.15, 0.2) is 0 Å². The number of hydrogen-bond donors (Lipinski definition) is 3. The first-order valence-electron chi connectivity index (χ1n) is 10.4. The van der Waals surface area contributed by atoms with Gasteiger partial charge in [-0.1, -0.05) is 48.5 Å². The van der Waals surface area contributed by atoms with E-state index in [1.54, 1.807) is 17.0 Å². The Morgan fingerprint density at radius 3 is 2.45 bits per heavy atom. The summed E-state index contributed by atoms with van der Waals surface area (Å²) < 4.78 is 5.49. The molecule has 0 aromatic heterocycles. The molecule has 3 rings (SSSR count). The molecule has 1 fully saturated rings. The van der Waals surface area contributed by atoms with E-state index in [0.717, 1.165) is 5.56 Å². The minimum Gasteiger partial charge on any atom is -0.378 e. The number of ether oxygens (including phenoxy) is 1. The third-order valence-electron chi connectivity index (χ3n) is 4.91. The second-order valence-corrected chi connectivity index (χ2v) is 7.24. The molecule has 0 aliphatic carbocycles. The number of para-hydroxylation sites is 1. The van der Waals surface area contributed by atoms with Crippen molar-refractivity contribution in [3.63, 3.8) is 0 Å². The van der Waals surface area contributed by atoms with Gasteiger partial charge in [-0.2, -0.15) is 0 Å². The molecule has 2 aromatic rings. The van der Waals surface area contributed by atoms with Crippen molar-refractivity contribution in [2.45, 2.75) is 18.9 Å². The highest BCUT2D eigenvalue weighted by molar-refractivity contribution is 5.94. The number of hydrogen-bond acceptors (Lipinski definition) is 4. The SMILES string of the molecule is O=C1CCN(C(=O)C(Cc2ccccc2)NC(=O)Nc2ccccc2)CCOCCN1. The number of carbonyl (C=O) groups is 3. The van der Waals surface area contributed by atoms with Crippen molar-refractivity contribution < 1.29 is 19.1 Å². The molecule has 3 N–H and O–H groups in total. The second-order valence-electron chi connectivity index (χ2n) is 7.24. The van der Waals surface area contributed by atoms with E-state index in [4.69, 9.17) is 4.74 Å². The van der Waals surface area contributed by atoms with Crippen molar-refractivity contribution in [3.8, 4) is 0 Å². The third kappa shape index (κ3) is 7.42. The molecule has 8 nitrogen and oxygen atoms in total. The molecule has 1 unspecified atom stereocenters. The predicted octanol–water partition coefficient (Wildman–Crippen LogP) is 1.78. The van der Waals surface area contributed by atoms with Crippen LogP contribution in [0.5, 0.6) is 0 Å². The number of nitrogens with zero attached hydrogens (tertiary/aromatic N) is 1. The fourth-order valence-corrected chi connectivity index (χ4v) is 3.31. The van der Waals surface area contributed by atoms with Crippen molar-refractivity contribution in [2.75, 3.05) is 38.2 Å². The first-order chi connectivity index (χ1) is 15.1. The van der Waals surface area contributed by atoms with Crippen molar-refractivity contribution in [1.82, 2.24) is 15.5 Å². The molecule has 0 bridgehead atoms. The molecule has 2 aromatic carbocycles. The summed E-state index contributed by atoms with van der Waals surface area (Å²) in [7, 11) is 0. The minimum atomic E-state index is -0.780. The molecule has 1 saturated heterocycles. The third-order valence-corrected chi connectivity index (χ3v) is 4.91. The Hall–Kier alpha value is -3.39. The zero-order chi connectivity index (χ0) is 21.9.